The van der Waals surface area contributed by atoms with Gasteiger partial charge in [0.1, 0.15) is 11.5 Å². The van der Waals surface area contributed by atoms with Crippen LogP contribution in [0.1, 0.15) is 115 Å². The number of nitrogens with zero attached hydrogens (tertiary/aromatic N) is 3. The van der Waals surface area contributed by atoms with Crippen molar-refractivity contribution in [2.75, 3.05) is 4.90 Å². The van der Waals surface area contributed by atoms with Crippen LogP contribution in [0.4, 0.5) is 21.5 Å². The number of hydrogen-bond donors (Lipinski definition) is 0. The molecule has 0 atom stereocenters. The van der Waals surface area contributed by atoms with E-state index in [2.05, 4.69) is 177 Å². The summed E-state index contributed by atoms with van der Waals surface area (Å²) in [6, 6.07) is 48.8. The van der Waals surface area contributed by atoms with Crippen molar-refractivity contribution in [3.63, 3.8) is 0 Å². The number of hydrogen-bond acceptors (Lipinski definition) is 4. The Bertz CT molecular complexity index is 3320. The number of aromatic nitrogens is 2. The topological polar surface area (TPSA) is 38.2 Å². The molecule has 4 nitrogen and oxygen atoms in total. The minimum atomic E-state index is -0.275. The van der Waals surface area contributed by atoms with E-state index in [9.17, 15) is 4.39 Å². The third-order valence-corrected chi connectivity index (χ3v) is 14.5. The maximum atomic E-state index is 12.7. The van der Waals surface area contributed by atoms with Gasteiger partial charge in [-0.1, -0.05) is 130 Å². The van der Waals surface area contributed by atoms with Crippen LogP contribution in [0.5, 0.6) is 11.5 Å². The molecule has 3 aliphatic rings. The first kappa shape index (κ1) is 48.9. The van der Waals surface area contributed by atoms with Gasteiger partial charge in [-0.25, -0.2) is 0 Å². The van der Waals surface area contributed by atoms with E-state index in [1.54, 1.807) is 6.07 Å². The minimum Gasteiger partial charge on any atom is -0.458 e. The van der Waals surface area contributed by atoms with Crippen LogP contribution in [0, 0.1) is 31.8 Å². The molecule has 0 bridgehead atoms. The number of benzene rings is 6. The fourth-order valence-electron chi connectivity index (χ4n) is 10.2. The molecule has 7 heteroatoms. The fourth-order valence-corrected chi connectivity index (χ4v) is 10.2. The van der Waals surface area contributed by atoms with Crippen molar-refractivity contribution in [2.24, 2.45) is 0 Å². The summed E-state index contributed by atoms with van der Waals surface area (Å²) in [5.74, 6) is 1.58. The molecule has 0 saturated heterocycles. The maximum absolute atomic E-state index is 12.7. The van der Waals surface area contributed by atoms with Gasteiger partial charge in [0.25, 0.3) is 6.71 Å². The molecule has 0 amide bonds. The quantitative estimate of drug-likeness (QED) is 0.131. The molecule has 6 aromatic carbocycles. The smallest absolute Gasteiger partial charge is 0.256 e. The molecule has 0 unspecified atom stereocenters. The van der Waals surface area contributed by atoms with Crippen molar-refractivity contribution in [2.45, 2.75) is 112 Å². The van der Waals surface area contributed by atoms with Gasteiger partial charge in [0.05, 0.1) is 5.69 Å². The van der Waals surface area contributed by atoms with Gasteiger partial charge in [-0.15, -0.1) is 65.7 Å². The predicted molar refractivity (Wildman–Crippen MR) is 286 cm³/mol. The average Bonchev–Trinajstić information content (AvgIpc) is 3.31. The number of halogens is 1. The first-order valence-corrected chi connectivity index (χ1v) is 24.3. The van der Waals surface area contributed by atoms with Gasteiger partial charge in [0.2, 0.25) is 0 Å². The summed E-state index contributed by atoms with van der Waals surface area (Å²) in [6.45, 7) is 29.8. The average molecular weight is 1100 g/mol. The molecule has 1 radical (unpaired) electrons. The van der Waals surface area contributed by atoms with E-state index in [0.29, 0.717) is 0 Å². The van der Waals surface area contributed by atoms with Crippen LogP contribution in [0.2, 0.25) is 0 Å². The Morgan fingerprint density at radius 1 is 0.600 bits per heavy atom. The zero-order chi connectivity index (χ0) is 48.9. The number of pyridine rings is 2. The van der Waals surface area contributed by atoms with E-state index >= 15 is 0 Å². The van der Waals surface area contributed by atoms with E-state index in [1.807, 2.05) is 50.5 Å². The summed E-state index contributed by atoms with van der Waals surface area (Å²) in [6.07, 6.45) is 3.74. The Labute approximate surface area is 429 Å². The van der Waals surface area contributed by atoms with Crippen molar-refractivity contribution in [1.29, 1.82) is 0 Å². The molecular formula is C63H61BFIrN3O-2. The Kier molecular flexibility index (Phi) is 12.3. The predicted octanol–water partition coefficient (Wildman–Crippen LogP) is 14.5. The second kappa shape index (κ2) is 17.6. The van der Waals surface area contributed by atoms with E-state index in [1.165, 1.54) is 79.0 Å². The monoisotopic (exact) mass is 1100 g/mol. The Morgan fingerprint density at radius 2 is 1.27 bits per heavy atom. The summed E-state index contributed by atoms with van der Waals surface area (Å²) in [7, 11) is 0. The van der Waals surface area contributed by atoms with Crippen molar-refractivity contribution in [3.8, 4) is 45.1 Å². The molecule has 0 fully saturated rings. The largest absolute Gasteiger partial charge is 0.458 e. The fraction of sp³-hybridized carbons (Fsp3) is 0.270. The third kappa shape index (κ3) is 8.64. The zero-order valence-electron chi connectivity index (χ0n) is 42.7. The molecule has 11 rings (SSSR count). The Morgan fingerprint density at radius 3 is 1.94 bits per heavy atom. The Hall–Kier alpha value is -6.14. The van der Waals surface area contributed by atoms with Crippen molar-refractivity contribution in [1.82, 2.24) is 9.97 Å². The van der Waals surface area contributed by atoms with E-state index < -0.39 is 0 Å². The molecule has 8 aromatic rings. The number of fused-ring (bicyclic) bond motifs is 6. The first-order valence-electron chi connectivity index (χ1n) is 24.3. The van der Waals surface area contributed by atoms with Gasteiger partial charge >= 0.3 is 0 Å². The van der Waals surface area contributed by atoms with Crippen LogP contribution in [-0.4, -0.2) is 16.7 Å². The van der Waals surface area contributed by atoms with Gasteiger partial charge in [0, 0.05) is 55.1 Å². The normalized spacial score (nSPS) is 13.9. The van der Waals surface area contributed by atoms with Crippen LogP contribution < -0.4 is 26.0 Å². The van der Waals surface area contributed by atoms with Crippen LogP contribution in [-0.2, 0) is 41.8 Å². The van der Waals surface area contributed by atoms with E-state index in [-0.39, 0.29) is 54.3 Å². The van der Waals surface area contributed by atoms with Gasteiger partial charge in [0.15, 0.2) is 0 Å². The zero-order valence-corrected chi connectivity index (χ0v) is 45.1. The van der Waals surface area contributed by atoms with E-state index in [0.717, 1.165) is 50.7 Å². The number of rotatable bonds is 3. The van der Waals surface area contributed by atoms with Crippen molar-refractivity contribution in [3.05, 3.63) is 191 Å². The second-order valence-electron chi connectivity index (χ2n) is 22.9. The second-order valence-corrected chi connectivity index (χ2v) is 22.9. The molecule has 0 aliphatic carbocycles. The summed E-state index contributed by atoms with van der Waals surface area (Å²) in [5, 5.41) is 0. The summed E-state index contributed by atoms with van der Waals surface area (Å²) >= 11 is 0. The van der Waals surface area contributed by atoms with Crippen LogP contribution in [0.3, 0.4) is 0 Å². The summed E-state index contributed by atoms with van der Waals surface area (Å²) in [5.41, 5.74) is 22.2. The molecule has 355 valence electrons. The molecule has 2 aromatic heterocycles. The minimum absolute atomic E-state index is 0. The van der Waals surface area contributed by atoms with Gasteiger partial charge in [-0.3, -0.25) is 4.39 Å². The van der Waals surface area contributed by atoms with Gasteiger partial charge in [-0.05, 0) is 133 Å². The van der Waals surface area contributed by atoms with Gasteiger partial charge in [-0.2, -0.15) is 0 Å². The SMILES string of the molecule is CC(C)(C)c1ccc2c(c1)B1c3cc(C(C)(C)C)cc4c3N(c3ccc(C(C)(C)C)cc3C4(C)C)c3cc(-c4ccnc(-c5[c-]cccc5)c4)cc(c31)O2.Cc1cnc(-c2[c-]cc(F)cc2)cc1C.[Ir]. The summed E-state index contributed by atoms with van der Waals surface area (Å²) in [4.78, 5) is 11.6. The van der Waals surface area contributed by atoms with Crippen LogP contribution in [0.25, 0.3) is 33.6 Å². The third-order valence-electron chi connectivity index (χ3n) is 14.5. The van der Waals surface area contributed by atoms with Crippen LogP contribution >= 0.6 is 0 Å². The molecular weight excluding hydrogens is 1040 g/mol. The number of anilines is 3. The molecule has 0 N–H and O–H groups in total. The molecule has 0 saturated carbocycles. The van der Waals surface area contributed by atoms with Crippen LogP contribution in [0.15, 0.2) is 134 Å². The maximum Gasteiger partial charge on any atom is 0.256 e. The molecule has 0 spiro atoms. The molecule has 70 heavy (non-hydrogen) atoms. The van der Waals surface area contributed by atoms with Crippen molar-refractivity contribution < 1.29 is 29.2 Å². The Balaban J connectivity index is 0.000000325. The van der Waals surface area contributed by atoms with E-state index in [4.69, 9.17) is 9.72 Å². The molecule has 3 aliphatic heterocycles. The number of ether oxygens (including phenoxy) is 1. The first-order chi connectivity index (χ1) is 32.6. The molecule has 5 heterocycles. The van der Waals surface area contributed by atoms with Crippen molar-refractivity contribution >= 4 is 40.2 Å². The standard InChI is InChI=1S/C50H50BN2O.C13H11FN.Ir/c1-47(2,3)33-17-19-41-36(26-33)50(10,11)37-27-35(49(7,8)9)29-39-46(37)53(41)42-24-32(31-21-22-52-40(23-31)30-15-13-12-14-16-30)25-44-45(42)51(39)38-28-34(48(4,5)6)18-20-43(38)54-44;1-9-7-13(15-8-10(9)2)11-3-5-12(14)6-4-11;/h12-15,17-29H,1-11H3;3,5-8H,1-2H3;/q2*-1;. The number of aryl methyl sites for hydroxylation is 2. The van der Waals surface area contributed by atoms with Gasteiger partial charge < -0.3 is 19.6 Å². The summed E-state index contributed by atoms with van der Waals surface area (Å²) < 4.78 is 19.8.